The number of nitrogens with one attached hydrogen (secondary N) is 2. The molecule has 0 bridgehead atoms. The summed E-state index contributed by atoms with van der Waals surface area (Å²) in [5.41, 5.74) is 2.44. The number of pyridine rings is 1. The fourth-order valence-corrected chi connectivity index (χ4v) is 2.09. The molecule has 24 heavy (non-hydrogen) atoms. The lowest BCUT2D eigenvalue weighted by Gasteiger charge is -2.08. The van der Waals surface area contributed by atoms with Crippen LogP contribution in [0.2, 0.25) is 0 Å². The second-order valence-electron chi connectivity index (χ2n) is 5.70. The number of nitrogens with zero attached hydrogens (tertiary/aromatic N) is 1. The third kappa shape index (κ3) is 6.04. The third-order valence-corrected chi connectivity index (χ3v) is 3.15. The lowest BCUT2D eigenvalue weighted by molar-refractivity contribution is -0.121. The number of amides is 2. The highest BCUT2D eigenvalue weighted by atomic mass is 16.2. The molecule has 124 valence electrons. The van der Waals surface area contributed by atoms with E-state index in [4.69, 9.17) is 0 Å². The van der Waals surface area contributed by atoms with Crippen molar-refractivity contribution in [3.63, 3.8) is 0 Å². The van der Waals surface area contributed by atoms with E-state index in [0.717, 1.165) is 11.1 Å². The van der Waals surface area contributed by atoms with E-state index in [2.05, 4.69) is 15.6 Å². The summed E-state index contributed by atoms with van der Waals surface area (Å²) in [5, 5.41) is 5.63. The van der Waals surface area contributed by atoms with Gasteiger partial charge in [-0.25, -0.2) is 0 Å². The zero-order chi connectivity index (χ0) is 17.4. The van der Waals surface area contributed by atoms with Crippen LogP contribution in [-0.4, -0.2) is 22.8 Å². The maximum absolute atomic E-state index is 11.9. The van der Waals surface area contributed by atoms with Gasteiger partial charge in [0.1, 0.15) is 0 Å². The molecule has 0 spiro atoms. The first-order valence-electron chi connectivity index (χ1n) is 7.80. The van der Waals surface area contributed by atoms with Crippen molar-refractivity contribution in [2.75, 3.05) is 5.32 Å². The van der Waals surface area contributed by atoms with Crippen molar-refractivity contribution < 1.29 is 9.59 Å². The molecular formula is C19H21N3O2. The van der Waals surface area contributed by atoms with Crippen LogP contribution in [0, 0.1) is 0 Å². The van der Waals surface area contributed by atoms with Crippen molar-refractivity contribution in [1.82, 2.24) is 10.3 Å². The third-order valence-electron chi connectivity index (χ3n) is 3.15. The van der Waals surface area contributed by atoms with E-state index in [9.17, 15) is 9.59 Å². The highest BCUT2D eigenvalue weighted by Gasteiger charge is 2.05. The van der Waals surface area contributed by atoms with Gasteiger partial charge in [0, 0.05) is 30.2 Å². The smallest absolute Gasteiger partial charge is 0.248 e. The summed E-state index contributed by atoms with van der Waals surface area (Å²) in [6.45, 7) is 3.85. The Balaban J connectivity index is 1.88. The van der Waals surface area contributed by atoms with Crippen LogP contribution in [0.1, 0.15) is 25.0 Å². The van der Waals surface area contributed by atoms with Crippen molar-refractivity contribution in [3.05, 3.63) is 66.0 Å². The van der Waals surface area contributed by atoms with Crippen molar-refractivity contribution in [2.45, 2.75) is 26.3 Å². The van der Waals surface area contributed by atoms with Crippen LogP contribution in [0.25, 0.3) is 6.08 Å². The molecule has 0 aliphatic carbocycles. The molecule has 5 nitrogen and oxygen atoms in total. The minimum Gasteiger partial charge on any atom is -0.354 e. The van der Waals surface area contributed by atoms with Crippen LogP contribution in [0.3, 0.4) is 0 Å². The van der Waals surface area contributed by atoms with Crippen LogP contribution in [0.4, 0.5) is 5.69 Å². The molecule has 0 fully saturated rings. The Bertz CT molecular complexity index is 707. The Morgan fingerprint density at radius 1 is 1.17 bits per heavy atom. The number of aromatic nitrogens is 1. The first-order valence-corrected chi connectivity index (χ1v) is 7.80. The van der Waals surface area contributed by atoms with Gasteiger partial charge in [-0.05, 0) is 49.2 Å². The lowest BCUT2D eigenvalue weighted by Crippen LogP contribution is -2.31. The minimum absolute atomic E-state index is 0.0128. The first kappa shape index (κ1) is 17.4. The molecule has 2 rings (SSSR count). The van der Waals surface area contributed by atoms with Crippen LogP contribution in [0.5, 0.6) is 0 Å². The van der Waals surface area contributed by atoms with Gasteiger partial charge in [-0.15, -0.1) is 0 Å². The Kier molecular flexibility index (Phi) is 6.25. The van der Waals surface area contributed by atoms with Crippen molar-refractivity contribution >= 4 is 23.6 Å². The van der Waals surface area contributed by atoms with Gasteiger partial charge in [0.25, 0.3) is 0 Å². The molecule has 0 aliphatic rings. The Morgan fingerprint density at radius 2 is 1.92 bits per heavy atom. The highest BCUT2D eigenvalue weighted by molar-refractivity contribution is 6.01. The number of carbonyl (C=O) groups excluding carboxylic acids is 2. The van der Waals surface area contributed by atoms with E-state index in [0.29, 0.717) is 12.1 Å². The average molecular weight is 323 g/mol. The topological polar surface area (TPSA) is 71.1 Å². The summed E-state index contributed by atoms with van der Waals surface area (Å²) in [4.78, 5) is 27.6. The largest absolute Gasteiger partial charge is 0.354 e. The summed E-state index contributed by atoms with van der Waals surface area (Å²) in [6.07, 6.45) is 6.85. The number of hydrogen-bond acceptors (Lipinski definition) is 3. The predicted octanol–water partition coefficient (Wildman–Crippen LogP) is 2.80. The zero-order valence-electron chi connectivity index (χ0n) is 13.8. The molecule has 0 aliphatic heterocycles. The number of benzene rings is 1. The summed E-state index contributed by atoms with van der Waals surface area (Å²) in [7, 11) is 0. The van der Waals surface area contributed by atoms with Crippen molar-refractivity contribution in [2.24, 2.45) is 0 Å². The van der Waals surface area contributed by atoms with E-state index in [1.54, 1.807) is 30.6 Å². The maximum Gasteiger partial charge on any atom is 0.248 e. The van der Waals surface area contributed by atoms with E-state index < -0.39 is 0 Å². The SMILES string of the molecule is CC(C)NC(=O)Cc1ccc(NC(=O)/C=C/c2cccnc2)cc1. The molecule has 0 unspecified atom stereocenters. The quantitative estimate of drug-likeness (QED) is 0.803. The molecule has 0 saturated carbocycles. The van der Waals surface area contributed by atoms with Crippen molar-refractivity contribution in [1.29, 1.82) is 0 Å². The number of anilines is 1. The second kappa shape index (κ2) is 8.62. The van der Waals surface area contributed by atoms with E-state index in [1.807, 2.05) is 38.1 Å². The van der Waals surface area contributed by atoms with Gasteiger partial charge in [-0.3, -0.25) is 14.6 Å². The highest BCUT2D eigenvalue weighted by Crippen LogP contribution is 2.10. The maximum atomic E-state index is 11.9. The molecule has 1 aromatic heterocycles. The van der Waals surface area contributed by atoms with Crippen LogP contribution in [0.15, 0.2) is 54.9 Å². The summed E-state index contributed by atoms with van der Waals surface area (Å²) in [6, 6.07) is 11.0. The Hall–Kier alpha value is -2.95. The normalized spacial score (nSPS) is 10.8. The molecule has 0 atom stereocenters. The summed E-state index contributed by atoms with van der Waals surface area (Å²) >= 11 is 0. The van der Waals surface area contributed by atoms with Crippen LogP contribution < -0.4 is 10.6 Å². The van der Waals surface area contributed by atoms with Gasteiger partial charge in [0.15, 0.2) is 0 Å². The van der Waals surface area contributed by atoms with Gasteiger partial charge in [-0.2, -0.15) is 0 Å². The lowest BCUT2D eigenvalue weighted by atomic mass is 10.1. The standard InChI is InChI=1S/C19H21N3O2/c1-14(2)21-19(24)12-15-5-8-17(9-6-15)22-18(23)10-7-16-4-3-11-20-13-16/h3-11,13-14H,12H2,1-2H3,(H,21,24)(H,22,23)/b10-7+. The Morgan fingerprint density at radius 3 is 2.54 bits per heavy atom. The average Bonchev–Trinajstić information content (AvgIpc) is 2.55. The van der Waals surface area contributed by atoms with E-state index in [-0.39, 0.29) is 17.9 Å². The van der Waals surface area contributed by atoms with E-state index in [1.165, 1.54) is 6.08 Å². The molecule has 2 N–H and O–H groups in total. The van der Waals surface area contributed by atoms with Crippen LogP contribution >= 0.6 is 0 Å². The molecule has 2 amide bonds. The van der Waals surface area contributed by atoms with E-state index >= 15 is 0 Å². The van der Waals surface area contributed by atoms with Gasteiger partial charge in [-0.1, -0.05) is 18.2 Å². The van der Waals surface area contributed by atoms with Crippen molar-refractivity contribution in [3.8, 4) is 0 Å². The van der Waals surface area contributed by atoms with Gasteiger partial charge in [0.05, 0.1) is 6.42 Å². The van der Waals surface area contributed by atoms with Gasteiger partial charge >= 0.3 is 0 Å². The van der Waals surface area contributed by atoms with Gasteiger partial charge in [0.2, 0.25) is 11.8 Å². The molecular weight excluding hydrogens is 302 g/mol. The first-order chi connectivity index (χ1) is 11.5. The molecule has 1 heterocycles. The molecule has 5 heteroatoms. The number of hydrogen-bond donors (Lipinski definition) is 2. The van der Waals surface area contributed by atoms with Crippen LogP contribution in [-0.2, 0) is 16.0 Å². The van der Waals surface area contributed by atoms with Gasteiger partial charge < -0.3 is 10.6 Å². The summed E-state index contributed by atoms with van der Waals surface area (Å²) in [5.74, 6) is -0.231. The Labute approximate surface area is 141 Å². The fourth-order valence-electron chi connectivity index (χ4n) is 2.09. The minimum atomic E-state index is -0.218. The second-order valence-corrected chi connectivity index (χ2v) is 5.70. The molecule has 1 aromatic carbocycles. The monoisotopic (exact) mass is 323 g/mol. The predicted molar refractivity (Wildman–Crippen MR) is 95.3 cm³/mol. The number of rotatable bonds is 6. The molecule has 0 radical (unpaired) electrons. The summed E-state index contributed by atoms with van der Waals surface area (Å²) < 4.78 is 0. The molecule has 2 aromatic rings. The zero-order valence-corrected chi connectivity index (χ0v) is 13.8. The molecule has 0 saturated heterocycles. The fraction of sp³-hybridized carbons (Fsp3) is 0.211. The number of carbonyl (C=O) groups is 2.